The van der Waals surface area contributed by atoms with E-state index in [0.29, 0.717) is 17.9 Å². The van der Waals surface area contributed by atoms with Gasteiger partial charge in [-0.05, 0) is 69.6 Å². The van der Waals surface area contributed by atoms with E-state index in [1.54, 1.807) is 30.3 Å². The first-order valence-electron chi connectivity index (χ1n) is 9.16. The molecule has 0 spiro atoms. The number of halogens is 2. The van der Waals surface area contributed by atoms with E-state index in [-0.39, 0.29) is 18.0 Å². The van der Waals surface area contributed by atoms with Crippen molar-refractivity contribution < 1.29 is 13.9 Å². The maximum atomic E-state index is 13.3. The molecule has 0 bridgehead atoms. The van der Waals surface area contributed by atoms with Crippen LogP contribution in [0.3, 0.4) is 0 Å². The number of carbonyl (C=O) groups is 1. The molecule has 3 aromatic carbocycles. The van der Waals surface area contributed by atoms with E-state index in [1.165, 1.54) is 12.1 Å². The molecule has 0 aromatic heterocycles. The first kappa shape index (κ1) is 21.5. The Kier molecular flexibility index (Phi) is 7.57. The van der Waals surface area contributed by atoms with Crippen molar-refractivity contribution in [1.82, 2.24) is 5.32 Å². The Morgan fingerprint density at radius 1 is 1.07 bits per heavy atom. The molecule has 6 heteroatoms. The molecule has 0 radical (unpaired) electrons. The Morgan fingerprint density at radius 2 is 1.83 bits per heavy atom. The lowest BCUT2D eigenvalue weighted by atomic mass is 10.1. The topological polar surface area (TPSA) is 62.1 Å². The normalized spacial score (nSPS) is 10.9. The summed E-state index contributed by atoms with van der Waals surface area (Å²) in [7, 11) is 0. The number of hydrogen-bond donors (Lipinski definition) is 1. The molecule has 3 rings (SSSR count). The summed E-state index contributed by atoms with van der Waals surface area (Å²) >= 11 is 2.12. The molecule has 0 saturated heterocycles. The fourth-order valence-electron chi connectivity index (χ4n) is 2.70. The Morgan fingerprint density at radius 3 is 2.53 bits per heavy atom. The Labute approximate surface area is 188 Å². The predicted molar refractivity (Wildman–Crippen MR) is 122 cm³/mol. The third-order valence-electron chi connectivity index (χ3n) is 4.21. The highest BCUT2D eigenvalue weighted by Gasteiger charge is 2.10. The number of hydrogen-bond acceptors (Lipinski definition) is 3. The second-order valence-corrected chi connectivity index (χ2v) is 7.61. The molecule has 0 unspecified atom stereocenters. The van der Waals surface area contributed by atoms with Gasteiger partial charge in [-0.1, -0.05) is 48.5 Å². The average molecular weight is 512 g/mol. The van der Waals surface area contributed by atoms with E-state index < -0.39 is 5.91 Å². The van der Waals surface area contributed by atoms with E-state index in [2.05, 4.69) is 27.9 Å². The van der Waals surface area contributed by atoms with Crippen LogP contribution in [0.2, 0.25) is 0 Å². The molecule has 30 heavy (non-hydrogen) atoms. The molecule has 4 nitrogen and oxygen atoms in total. The summed E-state index contributed by atoms with van der Waals surface area (Å²) in [6.45, 7) is 0.595. The summed E-state index contributed by atoms with van der Waals surface area (Å²) in [6, 6.07) is 23.0. The van der Waals surface area contributed by atoms with Crippen LogP contribution >= 0.6 is 22.6 Å². The molecular formula is C24H18FIN2O2. The van der Waals surface area contributed by atoms with Crippen LogP contribution in [0.4, 0.5) is 4.39 Å². The van der Waals surface area contributed by atoms with Gasteiger partial charge in [0.15, 0.2) is 0 Å². The van der Waals surface area contributed by atoms with E-state index in [9.17, 15) is 14.4 Å². The minimum Gasteiger partial charge on any atom is -0.488 e. The molecule has 0 heterocycles. The molecule has 0 fully saturated rings. The zero-order valence-electron chi connectivity index (χ0n) is 15.9. The highest BCUT2D eigenvalue weighted by atomic mass is 127. The van der Waals surface area contributed by atoms with Gasteiger partial charge in [0.1, 0.15) is 29.8 Å². The van der Waals surface area contributed by atoms with E-state index in [0.717, 1.165) is 14.7 Å². The number of nitrogens with one attached hydrogen (secondary N) is 1. The van der Waals surface area contributed by atoms with Crippen LogP contribution in [0, 0.1) is 20.7 Å². The van der Waals surface area contributed by atoms with Gasteiger partial charge >= 0.3 is 0 Å². The van der Waals surface area contributed by atoms with Crippen molar-refractivity contribution in [1.29, 1.82) is 5.26 Å². The minimum atomic E-state index is -0.428. The van der Waals surface area contributed by atoms with Crippen LogP contribution in [0.25, 0.3) is 6.08 Å². The van der Waals surface area contributed by atoms with E-state index in [1.807, 2.05) is 42.5 Å². The van der Waals surface area contributed by atoms with Crippen LogP contribution in [0.15, 0.2) is 78.4 Å². The monoisotopic (exact) mass is 512 g/mol. The molecule has 150 valence electrons. The van der Waals surface area contributed by atoms with Gasteiger partial charge in [-0.3, -0.25) is 4.79 Å². The highest BCUT2D eigenvalue weighted by Crippen LogP contribution is 2.24. The maximum Gasteiger partial charge on any atom is 0.262 e. The largest absolute Gasteiger partial charge is 0.488 e. The fraction of sp³-hybridized carbons (Fsp3) is 0.0833. The van der Waals surface area contributed by atoms with Gasteiger partial charge in [0, 0.05) is 6.54 Å². The van der Waals surface area contributed by atoms with Gasteiger partial charge in [0.2, 0.25) is 0 Å². The van der Waals surface area contributed by atoms with E-state index >= 15 is 0 Å². The summed E-state index contributed by atoms with van der Waals surface area (Å²) in [4.78, 5) is 12.3. The highest BCUT2D eigenvalue weighted by molar-refractivity contribution is 14.1. The molecule has 0 atom stereocenters. The lowest BCUT2D eigenvalue weighted by Crippen LogP contribution is -2.23. The summed E-state index contributed by atoms with van der Waals surface area (Å²) in [6.07, 6.45) is 1.54. The Bertz CT molecular complexity index is 1110. The van der Waals surface area contributed by atoms with Crippen molar-refractivity contribution in [3.8, 4) is 11.8 Å². The summed E-state index contributed by atoms with van der Waals surface area (Å²) in [5.74, 6) is -0.0901. The quantitative estimate of drug-likeness (QED) is 0.268. The number of carbonyl (C=O) groups excluding carboxylic acids is 1. The SMILES string of the molecule is N#C/C(=C/c1ccc(OCc2cccc(F)c2)c(I)c1)C(=O)NCc1ccccc1. The van der Waals surface area contributed by atoms with Gasteiger partial charge in [-0.2, -0.15) is 5.26 Å². The van der Waals surface area contributed by atoms with Crippen molar-refractivity contribution in [2.75, 3.05) is 0 Å². The maximum absolute atomic E-state index is 13.3. The smallest absolute Gasteiger partial charge is 0.262 e. The summed E-state index contributed by atoms with van der Waals surface area (Å²) in [5.41, 5.74) is 2.42. The zero-order valence-corrected chi connectivity index (χ0v) is 18.1. The van der Waals surface area contributed by atoms with Crippen molar-refractivity contribution in [2.24, 2.45) is 0 Å². The summed E-state index contributed by atoms with van der Waals surface area (Å²) in [5, 5.41) is 12.1. The van der Waals surface area contributed by atoms with Crippen LogP contribution in [-0.2, 0) is 17.9 Å². The van der Waals surface area contributed by atoms with Crippen molar-refractivity contribution >= 4 is 34.6 Å². The molecule has 0 aliphatic rings. The first-order chi connectivity index (χ1) is 14.5. The Hall–Kier alpha value is -3.18. The van der Waals surface area contributed by atoms with Crippen molar-refractivity contribution in [3.63, 3.8) is 0 Å². The van der Waals surface area contributed by atoms with E-state index in [4.69, 9.17) is 4.74 Å². The van der Waals surface area contributed by atoms with Crippen LogP contribution in [-0.4, -0.2) is 5.91 Å². The van der Waals surface area contributed by atoms with Crippen molar-refractivity contribution in [2.45, 2.75) is 13.2 Å². The number of benzene rings is 3. The lowest BCUT2D eigenvalue weighted by molar-refractivity contribution is -0.117. The van der Waals surface area contributed by atoms with Crippen molar-refractivity contribution in [3.05, 3.63) is 104 Å². The molecule has 1 N–H and O–H groups in total. The van der Waals surface area contributed by atoms with Crippen LogP contribution < -0.4 is 10.1 Å². The van der Waals surface area contributed by atoms with Crippen LogP contribution in [0.5, 0.6) is 5.75 Å². The van der Waals surface area contributed by atoms with Gasteiger partial charge in [0.25, 0.3) is 5.91 Å². The third kappa shape index (κ3) is 6.16. The molecular weight excluding hydrogens is 494 g/mol. The first-order valence-corrected chi connectivity index (χ1v) is 10.2. The lowest BCUT2D eigenvalue weighted by Gasteiger charge is -2.09. The molecule has 0 aliphatic carbocycles. The van der Waals surface area contributed by atoms with Crippen LogP contribution in [0.1, 0.15) is 16.7 Å². The van der Waals surface area contributed by atoms with Gasteiger partial charge in [-0.25, -0.2) is 4.39 Å². The van der Waals surface area contributed by atoms with Gasteiger partial charge in [0.05, 0.1) is 3.57 Å². The zero-order chi connectivity index (χ0) is 21.3. The van der Waals surface area contributed by atoms with Gasteiger partial charge < -0.3 is 10.1 Å². The summed E-state index contributed by atoms with van der Waals surface area (Å²) < 4.78 is 19.9. The number of amides is 1. The molecule has 0 aliphatic heterocycles. The number of ether oxygens (including phenoxy) is 1. The standard InChI is InChI=1S/C24H18FIN2O2/c25-21-8-4-7-19(12-21)16-30-23-10-9-18(13-22(23)26)11-20(14-27)24(29)28-15-17-5-2-1-3-6-17/h1-13H,15-16H2,(H,28,29)/b20-11-. The molecule has 0 saturated carbocycles. The third-order valence-corrected chi connectivity index (χ3v) is 5.05. The molecule has 1 amide bonds. The van der Waals surface area contributed by atoms with Gasteiger partial charge in [-0.15, -0.1) is 0 Å². The second-order valence-electron chi connectivity index (χ2n) is 6.45. The predicted octanol–water partition coefficient (Wildman–Crippen LogP) is 5.23. The molecule has 3 aromatic rings. The fourth-order valence-corrected chi connectivity index (χ4v) is 3.40. The number of nitriles is 1. The minimum absolute atomic E-state index is 0.0233. The number of rotatable bonds is 7. The average Bonchev–Trinajstić information content (AvgIpc) is 2.76. The number of nitrogens with zero attached hydrogens (tertiary/aromatic N) is 1. The second kappa shape index (κ2) is 10.6. The Balaban J connectivity index is 1.65.